The van der Waals surface area contributed by atoms with Crippen molar-refractivity contribution in [1.29, 1.82) is 0 Å². The predicted molar refractivity (Wildman–Crippen MR) is 102 cm³/mol. The molecule has 0 aliphatic heterocycles. The molecule has 0 aliphatic rings. The van der Waals surface area contributed by atoms with Gasteiger partial charge in [-0.15, -0.1) is 11.3 Å². The van der Waals surface area contributed by atoms with Crippen LogP contribution in [0.3, 0.4) is 0 Å². The molecule has 25 heavy (non-hydrogen) atoms. The second-order valence-corrected chi connectivity index (χ2v) is 7.46. The topological polar surface area (TPSA) is 71.1 Å². The fourth-order valence-electron chi connectivity index (χ4n) is 2.16. The first-order chi connectivity index (χ1) is 12.2. The highest BCUT2D eigenvalue weighted by molar-refractivity contribution is 8.01. The zero-order chi connectivity index (χ0) is 17.5. The number of hydrogen-bond acceptors (Lipinski definition) is 5. The van der Waals surface area contributed by atoms with Crippen LogP contribution < -0.4 is 10.6 Å². The van der Waals surface area contributed by atoms with E-state index in [9.17, 15) is 9.59 Å². The van der Waals surface area contributed by atoms with E-state index in [1.54, 1.807) is 23.5 Å². The Labute approximate surface area is 153 Å². The maximum atomic E-state index is 11.9. The van der Waals surface area contributed by atoms with Crippen molar-refractivity contribution in [1.82, 2.24) is 15.6 Å². The van der Waals surface area contributed by atoms with E-state index in [4.69, 9.17) is 0 Å². The lowest BCUT2D eigenvalue weighted by atomic mass is 10.2. The summed E-state index contributed by atoms with van der Waals surface area (Å²) in [5, 5.41) is 5.57. The van der Waals surface area contributed by atoms with Crippen LogP contribution in [0.15, 0.2) is 58.9 Å². The second kappa shape index (κ2) is 8.64. The fourth-order valence-corrected chi connectivity index (χ4v) is 4.06. The number of nitrogens with zero attached hydrogens (tertiary/aromatic N) is 1. The van der Waals surface area contributed by atoms with E-state index in [0.717, 1.165) is 14.6 Å². The molecule has 128 valence electrons. The van der Waals surface area contributed by atoms with Gasteiger partial charge in [0.2, 0.25) is 5.91 Å². The molecule has 0 unspecified atom stereocenters. The minimum Gasteiger partial charge on any atom is -0.354 e. The summed E-state index contributed by atoms with van der Waals surface area (Å²) >= 11 is 3.01. The average Bonchev–Trinajstić information content (AvgIpc) is 3.07. The molecule has 3 aromatic rings. The molecule has 0 saturated heterocycles. The highest BCUT2D eigenvalue weighted by Gasteiger charge is 2.08. The third-order valence-corrected chi connectivity index (χ3v) is 5.55. The third kappa shape index (κ3) is 5.04. The van der Waals surface area contributed by atoms with Crippen molar-refractivity contribution in [2.45, 2.75) is 4.34 Å². The summed E-state index contributed by atoms with van der Waals surface area (Å²) < 4.78 is 2.00. The van der Waals surface area contributed by atoms with Gasteiger partial charge in [-0.25, -0.2) is 4.98 Å². The molecule has 5 nitrogen and oxygen atoms in total. The Morgan fingerprint density at radius 3 is 2.48 bits per heavy atom. The largest absolute Gasteiger partial charge is 0.354 e. The predicted octanol–water partition coefficient (Wildman–Crippen LogP) is 2.93. The molecule has 2 amide bonds. The normalized spacial score (nSPS) is 10.6. The molecular weight excluding hydrogens is 354 g/mol. The Morgan fingerprint density at radius 2 is 1.68 bits per heavy atom. The molecule has 0 fully saturated rings. The van der Waals surface area contributed by atoms with E-state index in [-0.39, 0.29) is 11.8 Å². The number of hydrogen-bond donors (Lipinski definition) is 2. The molecule has 0 aliphatic carbocycles. The quantitative estimate of drug-likeness (QED) is 0.495. The van der Waals surface area contributed by atoms with Crippen molar-refractivity contribution in [3.63, 3.8) is 0 Å². The number of thiazole rings is 1. The van der Waals surface area contributed by atoms with Crippen LogP contribution in [0.2, 0.25) is 0 Å². The number of thioether (sulfide) groups is 1. The number of rotatable bonds is 7. The van der Waals surface area contributed by atoms with Gasteiger partial charge in [0.25, 0.3) is 5.91 Å². The number of amides is 2. The number of para-hydroxylation sites is 1. The fraction of sp³-hybridized carbons (Fsp3) is 0.167. The molecule has 1 aromatic heterocycles. The number of carbonyl (C=O) groups is 2. The first-order valence-electron chi connectivity index (χ1n) is 7.81. The molecular formula is C18H17N3O2S2. The van der Waals surface area contributed by atoms with Gasteiger partial charge in [0.05, 0.1) is 16.0 Å². The van der Waals surface area contributed by atoms with Gasteiger partial charge < -0.3 is 10.6 Å². The summed E-state index contributed by atoms with van der Waals surface area (Å²) in [7, 11) is 0. The summed E-state index contributed by atoms with van der Waals surface area (Å²) in [6, 6.07) is 16.9. The number of carbonyl (C=O) groups excluding carboxylic acids is 2. The van der Waals surface area contributed by atoms with Crippen molar-refractivity contribution < 1.29 is 9.59 Å². The molecule has 7 heteroatoms. The number of nitrogens with one attached hydrogen (secondary N) is 2. The van der Waals surface area contributed by atoms with Crippen molar-refractivity contribution in [3.05, 3.63) is 60.2 Å². The van der Waals surface area contributed by atoms with E-state index in [2.05, 4.69) is 15.6 Å². The van der Waals surface area contributed by atoms with Gasteiger partial charge in [-0.1, -0.05) is 42.1 Å². The van der Waals surface area contributed by atoms with Crippen LogP contribution in [0.5, 0.6) is 0 Å². The molecule has 0 spiro atoms. The summed E-state index contributed by atoms with van der Waals surface area (Å²) in [6.07, 6.45) is 0. The van der Waals surface area contributed by atoms with Crippen LogP contribution >= 0.6 is 23.1 Å². The monoisotopic (exact) mass is 371 g/mol. The minimum atomic E-state index is -0.140. The first-order valence-corrected chi connectivity index (χ1v) is 9.61. The van der Waals surface area contributed by atoms with E-state index in [1.807, 2.05) is 42.5 Å². The van der Waals surface area contributed by atoms with Crippen LogP contribution in [-0.4, -0.2) is 35.6 Å². The Kier molecular flexibility index (Phi) is 6.03. The van der Waals surface area contributed by atoms with Gasteiger partial charge in [0.1, 0.15) is 0 Å². The van der Waals surface area contributed by atoms with Gasteiger partial charge in [-0.2, -0.15) is 0 Å². The number of benzene rings is 2. The van der Waals surface area contributed by atoms with Gasteiger partial charge >= 0.3 is 0 Å². The molecule has 3 rings (SSSR count). The van der Waals surface area contributed by atoms with E-state index in [0.29, 0.717) is 24.4 Å². The number of fused-ring (bicyclic) bond motifs is 1. The van der Waals surface area contributed by atoms with Crippen molar-refractivity contribution >= 4 is 45.1 Å². The summed E-state index contributed by atoms with van der Waals surface area (Å²) in [6.45, 7) is 0.795. The lowest BCUT2D eigenvalue weighted by Crippen LogP contribution is -2.35. The van der Waals surface area contributed by atoms with Gasteiger partial charge in [0.15, 0.2) is 4.34 Å². The smallest absolute Gasteiger partial charge is 0.251 e. The van der Waals surface area contributed by atoms with Gasteiger partial charge in [0, 0.05) is 18.7 Å². The molecule has 1 heterocycles. The maximum Gasteiger partial charge on any atom is 0.251 e. The van der Waals surface area contributed by atoms with Crippen LogP contribution in [0, 0.1) is 0 Å². The highest BCUT2D eigenvalue weighted by atomic mass is 32.2. The molecule has 0 saturated carbocycles. The standard InChI is InChI=1S/C18H17N3O2S2/c22-16(12-24-18-21-14-8-4-5-9-15(14)25-18)19-10-11-20-17(23)13-6-2-1-3-7-13/h1-9H,10-12H2,(H,19,22)(H,20,23). The second-order valence-electron chi connectivity index (χ2n) is 5.21. The Balaban J connectivity index is 1.36. The SMILES string of the molecule is O=C(CSc1nc2ccccc2s1)NCCNC(=O)c1ccccc1. The van der Waals surface area contributed by atoms with Crippen LogP contribution in [0.4, 0.5) is 0 Å². The van der Waals surface area contributed by atoms with Crippen molar-refractivity contribution in [2.75, 3.05) is 18.8 Å². The molecule has 2 N–H and O–H groups in total. The third-order valence-electron chi connectivity index (χ3n) is 3.37. The van der Waals surface area contributed by atoms with E-state index < -0.39 is 0 Å². The zero-order valence-corrected chi connectivity index (χ0v) is 15.0. The van der Waals surface area contributed by atoms with Crippen molar-refractivity contribution in [3.8, 4) is 0 Å². The molecule has 2 aromatic carbocycles. The molecule has 0 radical (unpaired) electrons. The zero-order valence-electron chi connectivity index (χ0n) is 13.4. The Morgan fingerprint density at radius 1 is 0.960 bits per heavy atom. The van der Waals surface area contributed by atoms with Gasteiger partial charge in [-0.3, -0.25) is 9.59 Å². The van der Waals surface area contributed by atoms with Crippen LogP contribution in [0.25, 0.3) is 10.2 Å². The lowest BCUT2D eigenvalue weighted by molar-refractivity contribution is -0.118. The van der Waals surface area contributed by atoms with Crippen molar-refractivity contribution in [2.24, 2.45) is 0 Å². The summed E-state index contributed by atoms with van der Waals surface area (Å²) in [4.78, 5) is 28.2. The van der Waals surface area contributed by atoms with Crippen LogP contribution in [-0.2, 0) is 4.79 Å². The number of aromatic nitrogens is 1. The molecule has 0 bridgehead atoms. The molecule has 0 atom stereocenters. The van der Waals surface area contributed by atoms with Crippen LogP contribution in [0.1, 0.15) is 10.4 Å². The Hall–Kier alpha value is -2.38. The maximum absolute atomic E-state index is 11.9. The summed E-state index contributed by atoms with van der Waals surface area (Å²) in [5.41, 5.74) is 1.57. The Bertz CT molecular complexity index is 832. The lowest BCUT2D eigenvalue weighted by Gasteiger charge is -2.06. The van der Waals surface area contributed by atoms with Gasteiger partial charge in [-0.05, 0) is 24.3 Å². The first kappa shape index (κ1) is 17.4. The van der Waals surface area contributed by atoms with E-state index in [1.165, 1.54) is 11.8 Å². The van der Waals surface area contributed by atoms with E-state index >= 15 is 0 Å². The summed E-state index contributed by atoms with van der Waals surface area (Å²) in [5.74, 6) is 0.101. The minimum absolute atomic E-state index is 0.0711. The average molecular weight is 371 g/mol. The highest BCUT2D eigenvalue weighted by Crippen LogP contribution is 2.28.